The molecule has 0 radical (unpaired) electrons. The van der Waals surface area contributed by atoms with Crippen molar-refractivity contribution < 1.29 is 14.3 Å². The fraction of sp³-hybridized carbons (Fsp3) is 0.364. The second-order valence-electron chi connectivity index (χ2n) is 6.80. The summed E-state index contributed by atoms with van der Waals surface area (Å²) in [6, 6.07) is 15.5. The second kappa shape index (κ2) is 9.60. The van der Waals surface area contributed by atoms with Crippen LogP contribution in [0.1, 0.15) is 61.1 Å². The Hall–Kier alpha value is -2.27. The van der Waals surface area contributed by atoms with Crippen molar-refractivity contribution in [1.29, 1.82) is 0 Å². The summed E-state index contributed by atoms with van der Waals surface area (Å²) in [6.07, 6.45) is 0. The van der Waals surface area contributed by atoms with E-state index in [1.807, 2.05) is 25.1 Å². The molecule has 0 aliphatic carbocycles. The van der Waals surface area contributed by atoms with Crippen LogP contribution in [0.5, 0.6) is 0 Å². The molecule has 2 atom stereocenters. The Labute approximate surface area is 165 Å². The normalized spacial score (nSPS) is 13.1. The first-order valence-electron chi connectivity index (χ1n) is 9.07. The smallest absolute Gasteiger partial charge is 0.318 e. The number of esters is 1. The molecule has 27 heavy (non-hydrogen) atoms. The lowest BCUT2D eigenvalue weighted by atomic mass is 9.99. The Kier molecular flexibility index (Phi) is 7.48. The van der Waals surface area contributed by atoms with E-state index in [1.165, 1.54) is 24.4 Å². The van der Waals surface area contributed by atoms with E-state index >= 15 is 0 Å². The van der Waals surface area contributed by atoms with Crippen LogP contribution in [0.4, 0.5) is 0 Å². The summed E-state index contributed by atoms with van der Waals surface area (Å²) in [5.74, 6) is 0.00840. The molecule has 0 bridgehead atoms. The standard InChI is InChI=1S/C22H27NO3S/c1-14(2)17-10-12-18(13-11-17)15(3)23-21(24)19-8-6-7-9-20(19)27-16(4)22(25)26-5/h6-16H,1-5H3,(H,23,24). The van der Waals surface area contributed by atoms with Crippen molar-refractivity contribution in [2.24, 2.45) is 0 Å². The number of carbonyl (C=O) groups is 2. The van der Waals surface area contributed by atoms with Crippen molar-refractivity contribution in [3.63, 3.8) is 0 Å². The summed E-state index contributed by atoms with van der Waals surface area (Å²) in [5.41, 5.74) is 2.89. The Bertz CT molecular complexity index is 786. The van der Waals surface area contributed by atoms with Crippen LogP contribution in [-0.4, -0.2) is 24.2 Å². The lowest BCUT2D eigenvalue weighted by Gasteiger charge is -2.17. The fourth-order valence-electron chi connectivity index (χ4n) is 2.69. The third-order valence-electron chi connectivity index (χ3n) is 4.42. The molecule has 0 aliphatic heterocycles. The van der Waals surface area contributed by atoms with Gasteiger partial charge in [0.05, 0.1) is 18.7 Å². The molecule has 4 nitrogen and oxygen atoms in total. The van der Waals surface area contributed by atoms with Gasteiger partial charge in [0.15, 0.2) is 0 Å². The predicted molar refractivity (Wildman–Crippen MR) is 110 cm³/mol. The highest BCUT2D eigenvalue weighted by molar-refractivity contribution is 8.00. The zero-order valence-corrected chi connectivity index (χ0v) is 17.3. The first kappa shape index (κ1) is 21.0. The molecule has 0 aliphatic rings. The second-order valence-corrected chi connectivity index (χ2v) is 8.18. The molecular weight excluding hydrogens is 358 g/mol. The Morgan fingerprint density at radius 1 is 0.926 bits per heavy atom. The molecule has 0 aromatic heterocycles. The largest absolute Gasteiger partial charge is 0.468 e. The average Bonchev–Trinajstić information content (AvgIpc) is 2.67. The molecule has 2 aromatic carbocycles. The van der Waals surface area contributed by atoms with Gasteiger partial charge in [0.2, 0.25) is 0 Å². The van der Waals surface area contributed by atoms with Crippen LogP contribution in [0.3, 0.4) is 0 Å². The summed E-state index contributed by atoms with van der Waals surface area (Å²) in [6.45, 7) is 8.05. The van der Waals surface area contributed by atoms with Gasteiger partial charge in [-0.3, -0.25) is 9.59 Å². The van der Waals surface area contributed by atoms with E-state index in [-0.39, 0.29) is 23.2 Å². The fourth-order valence-corrected chi connectivity index (χ4v) is 3.71. The number of amides is 1. The molecule has 1 N–H and O–H groups in total. The molecule has 0 spiro atoms. The maximum atomic E-state index is 12.8. The van der Waals surface area contributed by atoms with E-state index in [0.29, 0.717) is 11.5 Å². The highest BCUT2D eigenvalue weighted by Gasteiger charge is 2.20. The molecule has 5 heteroatoms. The SMILES string of the molecule is COC(=O)C(C)Sc1ccccc1C(=O)NC(C)c1ccc(C(C)C)cc1. The topological polar surface area (TPSA) is 55.4 Å². The van der Waals surface area contributed by atoms with Crippen molar-refractivity contribution in [3.8, 4) is 0 Å². The van der Waals surface area contributed by atoms with Crippen LogP contribution < -0.4 is 5.32 Å². The van der Waals surface area contributed by atoms with Gasteiger partial charge in [-0.15, -0.1) is 11.8 Å². The third-order valence-corrected chi connectivity index (χ3v) is 5.58. The van der Waals surface area contributed by atoms with Gasteiger partial charge >= 0.3 is 5.97 Å². The quantitative estimate of drug-likeness (QED) is 0.541. The predicted octanol–water partition coefficient (Wildman–Crippen LogP) is 4.95. The van der Waals surface area contributed by atoms with E-state index in [9.17, 15) is 9.59 Å². The van der Waals surface area contributed by atoms with Gasteiger partial charge in [-0.05, 0) is 43.0 Å². The van der Waals surface area contributed by atoms with Crippen LogP contribution >= 0.6 is 11.8 Å². The molecule has 0 saturated carbocycles. The molecule has 2 rings (SSSR count). The van der Waals surface area contributed by atoms with Crippen molar-refractivity contribution in [2.75, 3.05) is 7.11 Å². The van der Waals surface area contributed by atoms with Gasteiger partial charge in [0.1, 0.15) is 5.25 Å². The minimum absolute atomic E-state index is 0.116. The van der Waals surface area contributed by atoms with Gasteiger partial charge in [0.25, 0.3) is 5.91 Å². The molecule has 2 aromatic rings. The Morgan fingerprint density at radius 3 is 2.11 bits per heavy atom. The Balaban J connectivity index is 2.12. The summed E-state index contributed by atoms with van der Waals surface area (Å²) >= 11 is 1.32. The number of benzene rings is 2. The molecule has 1 amide bonds. The van der Waals surface area contributed by atoms with Gasteiger partial charge in [-0.1, -0.05) is 50.2 Å². The molecule has 0 fully saturated rings. The molecule has 0 saturated heterocycles. The Morgan fingerprint density at radius 2 is 1.52 bits per heavy atom. The third kappa shape index (κ3) is 5.60. The van der Waals surface area contributed by atoms with E-state index in [1.54, 1.807) is 13.0 Å². The minimum Gasteiger partial charge on any atom is -0.468 e. The van der Waals surface area contributed by atoms with Crippen LogP contribution in [0, 0.1) is 0 Å². The number of ether oxygens (including phenoxy) is 1. The van der Waals surface area contributed by atoms with Gasteiger partial charge in [-0.2, -0.15) is 0 Å². The number of hydrogen-bond donors (Lipinski definition) is 1. The van der Waals surface area contributed by atoms with E-state index in [2.05, 4.69) is 43.4 Å². The number of nitrogens with one attached hydrogen (secondary N) is 1. The monoisotopic (exact) mass is 385 g/mol. The van der Waals surface area contributed by atoms with Gasteiger partial charge in [-0.25, -0.2) is 0 Å². The average molecular weight is 386 g/mol. The molecule has 2 unspecified atom stereocenters. The zero-order valence-electron chi connectivity index (χ0n) is 16.5. The summed E-state index contributed by atoms with van der Waals surface area (Å²) < 4.78 is 4.77. The molecule has 144 valence electrons. The number of methoxy groups -OCH3 is 1. The number of rotatable bonds is 7. The van der Waals surface area contributed by atoms with E-state index < -0.39 is 0 Å². The van der Waals surface area contributed by atoms with Gasteiger partial charge in [0, 0.05) is 4.90 Å². The first-order chi connectivity index (χ1) is 12.8. The lowest BCUT2D eigenvalue weighted by molar-refractivity contribution is -0.139. The van der Waals surface area contributed by atoms with E-state index in [4.69, 9.17) is 4.74 Å². The number of hydrogen-bond acceptors (Lipinski definition) is 4. The zero-order chi connectivity index (χ0) is 20.0. The van der Waals surface area contributed by atoms with Crippen LogP contribution in [0.2, 0.25) is 0 Å². The van der Waals surface area contributed by atoms with Crippen molar-refractivity contribution >= 4 is 23.6 Å². The van der Waals surface area contributed by atoms with Crippen LogP contribution in [-0.2, 0) is 9.53 Å². The summed E-state index contributed by atoms with van der Waals surface area (Å²) in [4.78, 5) is 25.3. The molecular formula is C22H27NO3S. The maximum absolute atomic E-state index is 12.8. The van der Waals surface area contributed by atoms with Crippen molar-refractivity contribution in [1.82, 2.24) is 5.32 Å². The summed E-state index contributed by atoms with van der Waals surface area (Å²) in [5, 5.41) is 2.67. The van der Waals surface area contributed by atoms with Crippen LogP contribution in [0.15, 0.2) is 53.4 Å². The number of thioether (sulfide) groups is 1. The lowest BCUT2D eigenvalue weighted by Crippen LogP contribution is -2.27. The summed E-state index contributed by atoms with van der Waals surface area (Å²) in [7, 11) is 1.37. The highest BCUT2D eigenvalue weighted by atomic mass is 32.2. The van der Waals surface area contributed by atoms with Crippen LogP contribution in [0.25, 0.3) is 0 Å². The van der Waals surface area contributed by atoms with Gasteiger partial charge < -0.3 is 10.1 Å². The van der Waals surface area contributed by atoms with Crippen molar-refractivity contribution in [3.05, 3.63) is 65.2 Å². The number of carbonyl (C=O) groups excluding carboxylic acids is 2. The van der Waals surface area contributed by atoms with E-state index in [0.717, 1.165) is 10.5 Å². The van der Waals surface area contributed by atoms with Crippen molar-refractivity contribution in [2.45, 2.75) is 49.8 Å². The molecule has 0 heterocycles. The highest BCUT2D eigenvalue weighted by Crippen LogP contribution is 2.28. The minimum atomic E-state index is -0.384. The first-order valence-corrected chi connectivity index (χ1v) is 9.95. The maximum Gasteiger partial charge on any atom is 0.318 e.